The minimum Gasteiger partial charge on any atom is -0.307 e. The van der Waals surface area contributed by atoms with Crippen molar-refractivity contribution in [3.63, 3.8) is 0 Å². The van der Waals surface area contributed by atoms with Gasteiger partial charge in [-0.3, -0.25) is 4.68 Å². The number of nitrogens with one attached hydrogen (secondary N) is 1. The summed E-state index contributed by atoms with van der Waals surface area (Å²) in [4.78, 5) is 1.07. The van der Waals surface area contributed by atoms with Crippen LogP contribution in [0.15, 0.2) is 6.20 Å². The van der Waals surface area contributed by atoms with Crippen LogP contribution >= 0.6 is 23.1 Å². The predicted molar refractivity (Wildman–Crippen MR) is 73.2 cm³/mol. The van der Waals surface area contributed by atoms with E-state index in [4.69, 9.17) is 11.6 Å². The van der Waals surface area contributed by atoms with E-state index in [1.807, 2.05) is 18.7 Å². The van der Waals surface area contributed by atoms with Crippen molar-refractivity contribution in [1.82, 2.24) is 24.7 Å². The van der Waals surface area contributed by atoms with Crippen LogP contribution in [0.1, 0.15) is 42.2 Å². The fourth-order valence-electron chi connectivity index (χ4n) is 1.93. The van der Waals surface area contributed by atoms with Gasteiger partial charge in [0.1, 0.15) is 0 Å². The predicted octanol–water partition coefficient (Wildman–Crippen LogP) is 2.59. The Balaban J connectivity index is 2.52. The van der Waals surface area contributed by atoms with Gasteiger partial charge in [0.25, 0.3) is 0 Å². The second kappa shape index (κ2) is 5.34. The van der Waals surface area contributed by atoms with Crippen LogP contribution in [0.5, 0.6) is 0 Å². The highest BCUT2D eigenvalue weighted by Crippen LogP contribution is 2.32. The van der Waals surface area contributed by atoms with Crippen molar-refractivity contribution in [3.05, 3.63) is 27.5 Å². The van der Waals surface area contributed by atoms with Crippen molar-refractivity contribution >= 4 is 23.1 Å². The molecule has 1 unspecified atom stereocenters. The van der Waals surface area contributed by atoms with Gasteiger partial charge < -0.3 is 5.32 Å². The zero-order valence-corrected chi connectivity index (χ0v) is 12.4. The molecule has 0 aliphatic rings. The van der Waals surface area contributed by atoms with Crippen molar-refractivity contribution in [1.29, 1.82) is 0 Å². The van der Waals surface area contributed by atoms with E-state index in [1.54, 1.807) is 6.20 Å². The highest BCUT2D eigenvalue weighted by atomic mass is 35.5. The van der Waals surface area contributed by atoms with Crippen LogP contribution in [0.25, 0.3) is 0 Å². The Morgan fingerprint density at radius 1 is 1.44 bits per heavy atom. The van der Waals surface area contributed by atoms with Crippen molar-refractivity contribution < 1.29 is 0 Å². The topological polar surface area (TPSA) is 55.6 Å². The van der Waals surface area contributed by atoms with Crippen molar-refractivity contribution in [2.45, 2.75) is 32.9 Å². The van der Waals surface area contributed by atoms with Crippen LogP contribution in [-0.2, 0) is 0 Å². The number of nitrogens with zero attached hydrogens (tertiary/aromatic N) is 4. The lowest BCUT2D eigenvalue weighted by Crippen LogP contribution is -2.22. The van der Waals surface area contributed by atoms with Crippen LogP contribution in [0.4, 0.5) is 0 Å². The summed E-state index contributed by atoms with van der Waals surface area (Å²) in [7, 11) is 1.90. The number of halogens is 1. The first kappa shape index (κ1) is 13.5. The summed E-state index contributed by atoms with van der Waals surface area (Å²) in [6.45, 7) is 6.11. The molecule has 2 heterocycles. The Bertz CT molecular complexity index is 533. The number of hydrogen-bond acceptors (Lipinski definition) is 5. The van der Waals surface area contributed by atoms with Crippen molar-refractivity contribution in [2.24, 2.45) is 0 Å². The molecule has 0 saturated carbocycles. The van der Waals surface area contributed by atoms with E-state index in [0.29, 0.717) is 5.02 Å². The summed E-state index contributed by atoms with van der Waals surface area (Å²) in [6.07, 6.45) is 1.69. The number of aryl methyl sites for hydroxylation is 1. The molecule has 0 aliphatic heterocycles. The molecule has 1 N–H and O–H groups in total. The molecule has 0 aliphatic carbocycles. The third kappa shape index (κ3) is 2.28. The summed E-state index contributed by atoms with van der Waals surface area (Å²) in [6, 6.07) is 0.229. The number of aromatic nitrogens is 4. The monoisotopic (exact) mass is 285 g/mol. The SMILES string of the molecule is CNC(c1snnc1C)c1c(Cl)cnn1C(C)C. The normalized spacial score (nSPS) is 13.2. The van der Waals surface area contributed by atoms with Gasteiger partial charge in [0.15, 0.2) is 0 Å². The third-order valence-electron chi connectivity index (χ3n) is 2.79. The van der Waals surface area contributed by atoms with Crippen LogP contribution in [0.2, 0.25) is 5.02 Å². The molecule has 5 nitrogen and oxygen atoms in total. The van der Waals surface area contributed by atoms with Crippen LogP contribution in [0.3, 0.4) is 0 Å². The van der Waals surface area contributed by atoms with Gasteiger partial charge in [0.2, 0.25) is 0 Å². The van der Waals surface area contributed by atoms with Gasteiger partial charge >= 0.3 is 0 Å². The molecule has 0 spiro atoms. The van der Waals surface area contributed by atoms with E-state index in [0.717, 1.165) is 16.3 Å². The van der Waals surface area contributed by atoms with E-state index in [-0.39, 0.29) is 12.1 Å². The molecule has 0 bridgehead atoms. The summed E-state index contributed by atoms with van der Waals surface area (Å²) >= 11 is 7.66. The van der Waals surface area contributed by atoms with Crippen LogP contribution in [-0.4, -0.2) is 26.4 Å². The Morgan fingerprint density at radius 2 is 2.17 bits per heavy atom. The summed E-state index contributed by atoms with van der Waals surface area (Å²) < 4.78 is 5.92. The average Bonchev–Trinajstić information content (AvgIpc) is 2.89. The Kier molecular flexibility index (Phi) is 3.99. The molecule has 7 heteroatoms. The molecule has 2 aromatic heterocycles. The van der Waals surface area contributed by atoms with Crippen LogP contribution < -0.4 is 5.32 Å². The smallest absolute Gasteiger partial charge is 0.0890 e. The van der Waals surface area contributed by atoms with Gasteiger partial charge in [-0.05, 0) is 39.4 Å². The maximum Gasteiger partial charge on any atom is 0.0890 e. The summed E-state index contributed by atoms with van der Waals surface area (Å²) in [5, 5.41) is 12.3. The van der Waals surface area contributed by atoms with E-state index < -0.39 is 0 Å². The fourth-order valence-corrected chi connectivity index (χ4v) is 2.93. The van der Waals surface area contributed by atoms with Gasteiger partial charge in [-0.1, -0.05) is 16.1 Å². The minimum atomic E-state index is -0.0256. The first-order valence-corrected chi connectivity index (χ1v) is 6.90. The molecular weight excluding hydrogens is 270 g/mol. The van der Waals surface area contributed by atoms with E-state index in [1.165, 1.54) is 11.5 Å². The molecule has 0 amide bonds. The first-order valence-electron chi connectivity index (χ1n) is 5.75. The van der Waals surface area contributed by atoms with Gasteiger partial charge in [-0.25, -0.2) is 0 Å². The first-order chi connectivity index (χ1) is 8.56. The zero-order valence-electron chi connectivity index (χ0n) is 10.8. The molecule has 0 aromatic carbocycles. The molecule has 98 valence electrons. The van der Waals surface area contributed by atoms with Gasteiger partial charge in [-0.15, -0.1) is 5.10 Å². The Labute approximate surface area is 115 Å². The lowest BCUT2D eigenvalue weighted by molar-refractivity contribution is 0.485. The standard InChI is InChI=1S/C11H16ClN5S/c1-6(2)17-10(8(12)5-14-17)9(13-4)11-7(3)15-16-18-11/h5-6,9,13H,1-4H3. The average molecular weight is 286 g/mol. The highest BCUT2D eigenvalue weighted by molar-refractivity contribution is 7.05. The lowest BCUT2D eigenvalue weighted by atomic mass is 10.1. The lowest BCUT2D eigenvalue weighted by Gasteiger charge is -2.19. The molecule has 2 rings (SSSR count). The van der Waals surface area contributed by atoms with Gasteiger partial charge in [-0.2, -0.15) is 5.10 Å². The molecule has 0 radical (unpaired) electrons. The quantitative estimate of drug-likeness (QED) is 0.938. The molecule has 0 fully saturated rings. The Hall–Kier alpha value is -0.980. The van der Waals surface area contributed by atoms with Crippen LogP contribution in [0, 0.1) is 6.92 Å². The van der Waals surface area contributed by atoms with E-state index in [9.17, 15) is 0 Å². The largest absolute Gasteiger partial charge is 0.307 e. The van der Waals surface area contributed by atoms with E-state index in [2.05, 4.69) is 33.8 Å². The molecular formula is C11H16ClN5S. The Morgan fingerprint density at radius 3 is 2.67 bits per heavy atom. The number of rotatable bonds is 4. The van der Waals surface area contributed by atoms with Crippen molar-refractivity contribution in [2.75, 3.05) is 7.05 Å². The molecule has 18 heavy (non-hydrogen) atoms. The second-order valence-corrected chi connectivity index (χ2v) is 5.55. The van der Waals surface area contributed by atoms with Gasteiger partial charge in [0.05, 0.1) is 33.5 Å². The van der Waals surface area contributed by atoms with Crippen molar-refractivity contribution in [3.8, 4) is 0 Å². The second-order valence-electron chi connectivity index (χ2n) is 4.36. The minimum absolute atomic E-state index is 0.0256. The molecule has 0 saturated heterocycles. The fraction of sp³-hybridized carbons (Fsp3) is 0.545. The van der Waals surface area contributed by atoms with E-state index >= 15 is 0 Å². The number of hydrogen-bond donors (Lipinski definition) is 1. The summed E-state index contributed by atoms with van der Waals surface area (Å²) in [5.41, 5.74) is 1.88. The third-order valence-corrected chi connectivity index (χ3v) is 3.97. The van der Waals surface area contributed by atoms with Gasteiger partial charge in [0, 0.05) is 6.04 Å². The maximum absolute atomic E-state index is 6.27. The highest BCUT2D eigenvalue weighted by Gasteiger charge is 2.25. The maximum atomic E-state index is 6.27. The summed E-state index contributed by atoms with van der Waals surface area (Å²) in [5.74, 6) is 0. The zero-order chi connectivity index (χ0) is 13.3. The molecule has 2 aromatic rings. The molecule has 1 atom stereocenters.